The summed E-state index contributed by atoms with van der Waals surface area (Å²) in [6, 6.07) is 14.1. The van der Waals surface area contributed by atoms with Gasteiger partial charge in [-0.1, -0.05) is 25.1 Å². The summed E-state index contributed by atoms with van der Waals surface area (Å²) in [5.41, 5.74) is 2.41. The van der Waals surface area contributed by atoms with E-state index in [1.165, 1.54) is 5.56 Å². The van der Waals surface area contributed by atoms with Gasteiger partial charge in [0.25, 0.3) is 0 Å². The van der Waals surface area contributed by atoms with Gasteiger partial charge in [-0.15, -0.1) is 0 Å². The van der Waals surface area contributed by atoms with E-state index in [0.29, 0.717) is 0 Å². The van der Waals surface area contributed by atoms with Crippen molar-refractivity contribution in [3.8, 4) is 17.2 Å². The number of rotatable bonds is 7. The lowest BCUT2D eigenvalue weighted by Crippen LogP contribution is -2.13. The second kappa shape index (κ2) is 7.70. The van der Waals surface area contributed by atoms with Crippen molar-refractivity contribution in [3.63, 3.8) is 0 Å². The highest BCUT2D eigenvalue weighted by molar-refractivity contribution is 5.45. The van der Waals surface area contributed by atoms with Gasteiger partial charge in [-0.2, -0.15) is 0 Å². The Morgan fingerprint density at radius 1 is 1.00 bits per heavy atom. The molecule has 0 fully saturated rings. The predicted molar refractivity (Wildman–Crippen MR) is 86.2 cm³/mol. The Morgan fingerprint density at radius 2 is 1.76 bits per heavy atom. The maximum Gasteiger partial charge on any atom is 0.169 e. The highest BCUT2D eigenvalue weighted by Crippen LogP contribution is 2.32. The molecule has 0 aromatic heterocycles. The molecule has 21 heavy (non-hydrogen) atoms. The zero-order valence-corrected chi connectivity index (χ0v) is 13.0. The van der Waals surface area contributed by atoms with Gasteiger partial charge >= 0.3 is 0 Å². The van der Waals surface area contributed by atoms with Crippen molar-refractivity contribution in [1.29, 1.82) is 0 Å². The van der Waals surface area contributed by atoms with Gasteiger partial charge in [0.15, 0.2) is 11.5 Å². The van der Waals surface area contributed by atoms with Crippen LogP contribution in [0, 0.1) is 6.92 Å². The van der Waals surface area contributed by atoms with Crippen LogP contribution >= 0.6 is 0 Å². The normalized spacial score (nSPS) is 10.4. The number of hydrogen-bond acceptors (Lipinski definition) is 3. The van der Waals surface area contributed by atoms with Gasteiger partial charge < -0.3 is 14.8 Å². The fourth-order valence-electron chi connectivity index (χ4n) is 2.07. The minimum absolute atomic E-state index is 0.736. The van der Waals surface area contributed by atoms with Crippen molar-refractivity contribution in [2.24, 2.45) is 0 Å². The monoisotopic (exact) mass is 285 g/mol. The fraction of sp³-hybridized carbons (Fsp3) is 0.333. The second-order valence-electron chi connectivity index (χ2n) is 5.08. The Kier molecular flexibility index (Phi) is 5.64. The summed E-state index contributed by atoms with van der Waals surface area (Å²) in [7, 11) is 1.66. The minimum atomic E-state index is 0.736. The molecule has 3 nitrogen and oxygen atoms in total. The van der Waals surface area contributed by atoms with E-state index in [2.05, 4.69) is 24.4 Å². The first-order chi connectivity index (χ1) is 10.2. The molecular formula is C18H23NO2. The van der Waals surface area contributed by atoms with Gasteiger partial charge in [-0.3, -0.25) is 0 Å². The average molecular weight is 285 g/mol. The van der Waals surface area contributed by atoms with Crippen molar-refractivity contribution in [2.75, 3.05) is 13.7 Å². The van der Waals surface area contributed by atoms with E-state index < -0.39 is 0 Å². The van der Waals surface area contributed by atoms with Gasteiger partial charge in [-0.05, 0) is 55.3 Å². The summed E-state index contributed by atoms with van der Waals surface area (Å²) >= 11 is 0. The van der Waals surface area contributed by atoms with Gasteiger partial charge in [0.2, 0.25) is 0 Å². The van der Waals surface area contributed by atoms with Gasteiger partial charge in [0.1, 0.15) is 5.75 Å². The summed E-state index contributed by atoms with van der Waals surface area (Å²) in [5.74, 6) is 2.31. The first-order valence-electron chi connectivity index (χ1n) is 7.35. The van der Waals surface area contributed by atoms with Crippen LogP contribution in [0.5, 0.6) is 17.2 Å². The van der Waals surface area contributed by atoms with Crippen molar-refractivity contribution in [2.45, 2.75) is 26.8 Å². The number of aryl methyl sites for hydroxylation is 1. The van der Waals surface area contributed by atoms with E-state index >= 15 is 0 Å². The lowest BCUT2D eigenvalue weighted by molar-refractivity contribution is 0.378. The number of benzene rings is 2. The van der Waals surface area contributed by atoms with E-state index in [-0.39, 0.29) is 0 Å². The zero-order chi connectivity index (χ0) is 15.1. The largest absolute Gasteiger partial charge is 0.493 e. The number of ether oxygens (including phenoxy) is 2. The molecule has 0 aliphatic heterocycles. The van der Waals surface area contributed by atoms with Crippen LogP contribution < -0.4 is 14.8 Å². The molecule has 0 bridgehead atoms. The number of hydrogen-bond donors (Lipinski definition) is 1. The maximum absolute atomic E-state index is 5.89. The molecule has 0 atom stereocenters. The van der Waals surface area contributed by atoms with Crippen molar-refractivity contribution in [1.82, 2.24) is 5.32 Å². The minimum Gasteiger partial charge on any atom is -0.493 e. The molecular weight excluding hydrogens is 262 g/mol. The number of nitrogens with one attached hydrogen (secondary N) is 1. The fourth-order valence-corrected chi connectivity index (χ4v) is 2.07. The van der Waals surface area contributed by atoms with Crippen LogP contribution in [0.1, 0.15) is 24.5 Å². The van der Waals surface area contributed by atoms with Crippen LogP contribution in [0.25, 0.3) is 0 Å². The molecule has 1 N–H and O–H groups in total. The third-order valence-corrected chi connectivity index (χ3v) is 3.23. The van der Waals surface area contributed by atoms with Crippen molar-refractivity contribution in [3.05, 3.63) is 53.6 Å². The molecule has 0 spiro atoms. The molecule has 2 aromatic rings. The predicted octanol–water partition coefficient (Wildman–Crippen LogP) is 4.30. The molecule has 0 amide bonds. The van der Waals surface area contributed by atoms with E-state index in [9.17, 15) is 0 Å². The molecule has 2 aromatic carbocycles. The third kappa shape index (κ3) is 4.50. The lowest BCUT2D eigenvalue weighted by Gasteiger charge is -2.11. The Balaban J connectivity index is 2.03. The Hall–Kier alpha value is -2.00. The topological polar surface area (TPSA) is 30.5 Å². The second-order valence-corrected chi connectivity index (χ2v) is 5.08. The van der Waals surface area contributed by atoms with Gasteiger partial charge in [0, 0.05) is 6.54 Å². The van der Waals surface area contributed by atoms with E-state index in [1.807, 2.05) is 37.3 Å². The molecule has 0 aliphatic carbocycles. The third-order valence-electron chi connectivity index (χ3n) is 3.23. The summed E-state index contributed by atoms with van der Waals surface area (Å²) in [6.07, 6.45) is 1.15. The molecule has 2 rings (SSSR count). The summed E-state index contributed by atoms with van der Waals surface area (Å²) in [4.78, 5) is 0. The van der Waals surface area contributed by atoms with E-state index in [4.69, 9.17) is 9.47 Å². The van der Waals surface area contributed by atoms with Crippen LogP contribution in [-0.2, 0) is 6.54 Å². The summed E-state index contributed by atoms with van der Waals surface area (Å²) in [5, 5.41) is 3.38. The van der Waals surface area contributed by atoms with Crippen LogP contribution in [0.15, 0.2) is 42.5 Å². The molecule has 0 aliphatic rings. The smallest absolute Gasteiger partial charge is 0.169 e. The Bertz CT molecular complexity index is 564. The highest BCUT2D eigenvalue weighted by Gasteiger charge is 2.05. The maximum atomic E-state index is 5.89. The molecule has 3 heteroatoms. The molecule has 0 heterocycles. The SMILES string of the molecule is CCCNCc1ccc(Oc2ccc(C)cc2OC)cc1. The van der Waals surface area contributed by atoms with Crippen LogP contribution in [-0.4, -0.2) is 13.7 Å². The van der Waals surface area contributed by atoms with Crippen molar-refractivity contribution >= 4 is 0 Å². The zero-order valence-electron chi connectivity index (χ0n) is 13.0. The Labute approximate surface area is 126 Å². The molecule has 112 valence electrons. The summed E-state index contributed by atoms with van der Waals surface area (Å²) < 4.78 is 11.2. The van der Waals surface area contributed by atoms with Gasteiger partial charge in [-0.25, -0.2) is 0 Å². The lowest BCUT2D eigenvalue weighted by atomic mass is 10.2. The van der Waals surface area contributed by atoms with Gasteiger partial charge in [0.05, 0.1) is 7.11 Å². The number of methoxy groups -OCH3 is 1. The van der Waals surface area contributed by atoms with Crippen LogP contribution in [0.3, 0.4) is 0 Å². The molecule has 0 saturated carbocycles. The highest BCUT2D eigenvalue weighted by atomic mass is 16.5. The van der Waals surface area contributed by atoms with Crippen molar-refractivity contribution < 1.29 is 9.47 Å². The Morgan fingerprint density at radius 3 is 2.43 bits per heavy atom. The first-order valence-corrected chi connectivity index (χ1v) is 7.35. The summed E-state index contributed by atoms with van der Waals surface area (Å²) in [6.45, 7) is 6.13. The average Bonchev–Trinajstić information content (AvgIpc) is 2.51. The van der Waals surface area contributed by atoms with E-state index in [0.717, 1.165) is 42.3 Å². The standard InChI is InChI=1S/C18H23NO2/c1-4-11-19-13-15-6-8-16(9-7-15)21-17-10-5-14(2)12-18(17)20-3/h5-10,12,19H,4,11,13H2,1-3H3. The molecule has 0 saturated heterocycles. The quantitative estimate of drug-likeness (QED) is 0.770. The van der Waals surface area contributed by atoms with Crippen LogP contribution in [0.4, 0.5) is 0 Å². The molecule has 0 radical (unpaired) electrons. The first kappa shape index (κ1) is 15.4. The molecule has 0 unspecified atom stereocenters. The van der Waals surface area contributed by atoms with Crippen LogP contribution in [0.2, 0.25) is 0 Å². The van der Waals surface area contributed by atoms with E-state index in [1.54, 1.807) is 7.11 Å².